The maximum atomic E-state index is 11.3. The number of carboxylic acid groups (broad SMARTS) is 1. The van der Waals surface area contributed by atoms with E-state index in [1.54, 1.807) is 0 Å². The molecule has 0 fully saturated rings. The van der Waals surface area contributed by atoms with Gasteiger partial charge in [-0.2, -0.15) is 0 Å². The minimum absolute atomic E-state index is 0.166. The Kier molecular flexibility index (Phi) is 6.41. The van der Waals surface area contributed by atoms with Crippen LogP contribution in [0.2, 0.25) is 0 Å². The van der Waals surface area contributed by atoms with Crippen LogP contribution in [0, 0.1) is 0 Å². The van der Waals surface area contributed by atoms with Gasteiger partial charge in [0.05, 0.1) is 6.42 Å². The van der Waals surface area contributed by atoms with Crippen molar-refractivity contribution in [2.75, 3.05) is 6.61 Å². The van der Waals surface area contributed by atoms with Gasteiger partial charge in [-0.3, -0.25) is 4.79 Å². The van der Waals surface area contributed by atoms with E-state index in [1.807, 2.05) is 0 Å². The lowest BCUT2D eigenvalue weighted by atomic mass is 10.2. The van der Waals surface area contributed by atoms with E-state index in [0.717, 1.165) is 0 Å². The molecule has 0 aliphatic rings. The lowest BCUT2D eigenvalue weighted by molar-refractivity contribution is -0.153. The van der Waals surface area contributed by atoms with Gasteiger partial charge in [-0.15, -0.1) is 0 Å². The van der Waals surface area contributed by atoms with Crippen LogP contribution in [0.4, 0.5) is 0 Å². The zero-order valence-electron chi connectivity index (χ0n) is 10.4. The molecular formula is C12H16O6. The monoisotopic (exact) mass is 256 g/mol. The zero-order chi connectivity index (χ0) is 14.3. The van der Waals surface area contributed by atoms with Crippen molar-refractivity contribution in [3.05, 3.63) is 24.3 Å². The van der Waals surface area contributed by atoms with Gasteiger partial charge in [0.25, 0.3) is 0 Å². The second-order valence-corrected chi connectivity index (χ2v) is 3.77. The Hall–Kier alpha value is -2.11. The molecule has 6 heteroatoms. The third-order valence-electron chi connectivity index (χ3n) is 1.76. The molecule has 0 aliphatic carbocycles. The molecule has 0 saturated carbocycles. The number of carbonyl (C=O) groups excluding carboxylic acids is 2. The van der Waals surface area contributed by atoms with Crippen LogP contribution in [0.15, 0.2) is 24.3 Å². The molecule has 0 amide bonds. The largest absolute Gasteiger partial charge is 0.481 e. The maximum Gasteiger partial charge on any atom is 0.334 e. The summed E-state index contributed by atoms with van der Waals surface area (Å²) < 4.78 is 9.60. The topological polar surface area (TPSA) is 89.9 Å². The Morgan fingerprint density at radius 2 is 1.78 bits per heavy atom. The fraction of sp³-hybridized carbons (Fsp3) is 0.417. The highest BCUT2D eigenvalue weighted by Gasteiger charge is 2.15. The van der Waals surface area contributed by atoms with Crippen LogP contribution in [0.1, 0.15) is 20.3 Å². The highest BCUT2D eigenvalue weighted by molar-refractivity contribution is 5.92. The summed E-state index contributed by atoms with van der Waals surface area (Å²) >= 11 is 0. The first-order valence-corrected chi connectivity index (χ1v) is 5.17. The number of ether oxygens (including phenoxy) is 2. The molecule has 0 aromatic heterocycles. The third-order valence-corrected chi connectivity index (χ3v) is 1.76. The van der Waals surface area contributed by atoms with Crippen molar-refractivity contribution in [2.24, 2.45) is 0 Å². The molecule has 0 aromatic rings. The summed E-state index contributed by atoms with van der Waals surface area (Å²) in [4.78, 5) is 32.7. The second-order valence-electron chi connectivity index (χ2n) is 3.77. The highest BCUT2D eigenvalue weighted by atomic mass is 16.6. The predicted octanol–water partition coefficient (Wildman–Crippen LogP) is 1.07. The van der Waals surface area contributed by atoms with Crippen molar-refractivity contribution >= 4 is 17.9 Å². The predicted molar refractivity (Wildman–Crippen MR) is 62.7 cm³/mol. The fourth-order valence-corrected chi connectivity index (χ4v) is 0.867. The van der Waals surface area contributed by atoms with E-state index in [4.69, 9.17) is 14.6 Å². The van der Waals surface area contributed by atoms with Gasteiger partial charge < -0.3 is 14.6 Å². The van der Waals surface area contributed by atoms with E-state index in [1.165, 1.54) is 13.8 Å². The summed E-state index contributed by atoms with van der Waals surface area (Å²) in [5, 5.41) is 8.44. The summed E-state index contributed by atoms with van der Waals surface area (Å²) in [6, 6.07) is 0. The van der Waals surface area contributed by atoms with Gasteiger partial charge in [0.15, 0.2) is 0 Å². The number of esters is 2. The Bertz CT molecular complexity index is 382. The lowest BCUT2D eigenvalue weighted by Gasteiger charge is -2.13. The van der Waals surface area contributed by atoms with Crippen molar-refractivity contribution < 1.29 is 29.0 Å². The number of hydrogen-bond acceptors (Lipinski definition) is 5. The van der Waals surface area contributed by atoms with Crippen molar-refractivity contribution in [1.29, 1.82) is 0 Å². The van der Waals surface area contributed by atoms with Gasteiger partial charge in [-0.1, -0.05) is 13.2 Å². The lowest BCUT2D eigenvalue weighted by Crippen LogP contribution is -2.23. The van der Waals surface area contributed by atoms with E-state index in [0.29, 0.717) is 0 Å². The number of rotatable bonds is 7. The minimum Gasteiger partial charge on any atom is -0.481 e. The summed E-state index contributed by atoms with van der Waals surface area (Å²) in [6.45, 7) is 9.55. The Morgan fingerprint density at radius 1 is 1.22 bits per heavy atom. The minimum atomic E-state index is -1.17. The van der Waals surface area contributed by atoms with E-state index < -0.39 is 30.4 Å². The molecule has 18 heavy (non-hydrogen) atoms. The molecular weight excluding hydrogens is 240 g/mol. The number of hydrogen-bond donors (Lipinski definition) is 1. The van der Waals surface area contributed by atoms with E-state index in [9.17, 15) is 14.4 Å². The Balaban J connectivity index is 4.06. The summed E-state index contributed by atoms with van der Waals surface area (Å²) in [5.41, 5.74) is 0.0735. The van der Waals surface area contributed by atoms with Gasteiger partial charge in [0.2, 0.25) is 0 Å². The van der Waals surface area contributed by atoms with Gasteiger partial charge in [0, 0.05) is 11.1 Å². The molecule has 0 aromatic carbocycles. The molecule has 0 aliphatic heterocycles. The molecule has 0 rings (SSSR count). The average Bonchev–Trinajstić information content (AvgIpc) is 2.24. The molecule has 0 radical (unpaired) electrons. The van der Waals surface area contributed by atoms with E-state index >= 15 is 0 Å². The molecule has 1 unspecified atom stereocenters. The van der Waals surface area contributed by atoms with Crippen LogP contribution in [-0.2, 0) is 23.9 Å². The number of carbonyl (C=O) groups is 3. The first-order valence-electron chi connectivity index (χ1n) is 5.17. The first kappa shape index (κ1) is 15.9. The van der Waals surface area contributed by atoms with Crippen LogP contribution in [0.5, 0.6) is 0 Å². The molecule has 0 bridgehead atoms. The van der Waals surface area contributed by atoms with Crippen LogP contribution < -0.4 is 0 Å². The highest BCUT2D eigenvalue weighted by Crippen LogP contribution is 2.04. The van der Waals surface area contributed by atoms with Crippen LogP contribution in [0.3, 0.4) is 0 Å². The molecule has 1 atom stereocenters. The van der Waals surface area contributed by atoms with Crippen LogP contribution in [-0.4, -0.2) is 35.7 Å². The van der Waals surface area contributed by atoms with Gasteiger partial charge in [-0.05, 0) is 13.8 Å². The summed E-state index contributed by atoms with van der Waals surface area (Å²) in [6.07, 6.45) is -1.13. The molecule has 0 saturated heterocycles. The molecule has 1 N–H and O–H groups in total. The Labute approximate surface area is 105 Å². The van der Waals surface area contributed by atoms with E-state index in [-0.39, 0.29) is 17.8 Å². The molecule has 0 spiro atoms. The van der Waals surface area contributed by atoms with Crippen molar-refractivity contribution in [2.45, 2.75) is 26.4 Å². The maximum absolute atomic E-state index is 11.3. The summed E-state index contributed by atoms with van der Waals surface area (Å²) in [5.74, 6) is -2.57. The SMILES string of the molecule is C=C(C)C(=O)OC(C)COC(=O)C(=C)CC(=O)O. The quantitative estimate of drug-likeness (QED) is 0.541. The first-order chi connectivity index (χ1) is 8.23. The van der Waals surface area contributed by atoms with Crippen molar-refractivity contribution in [3.63, 3.8) is 0 Å². The van der Waals surface area contributed by atoms with Gasteiger partial charge in [-0.25, -0.2) is 9.59 Å². The smallest absolute Gasteiger partial charge is 0.334 e. The Morgan fingerprint density at radius 3 is 2.22 bits per heavy atom. The molecule has 6 nitrogen and oxygen atoms in total. The second kappa shape index (κ2) is 7.26. The number of aliphatic carboxylic acids is 1. The van der Waals surface area contributed by atoms with Crippen LogP contribution in [0.25, 0.3) is 0 Å². The molecule has 100 valence electrons. The van der Waals surface area contributed by atoms with Crippen molar-refractivity contribution in [3.8, 4) is 0 Å². The summed E-state index contributed by atoms with van der Waals surface area (Å²) in [7, 11) is 0. The van der Waals surface area contributed by atoms with Crippen LogP contribution >= 0.6 is 0 Å². The fourth-order valence-electron chi connectivity index (χ4n) is 0.867. The third kappa shape index (κ3) is 6.47. The van der Waals surface area contributed by atoms with E-state index in [2.05, 4.69) is 13.2 Å². The normalized spacial score (nSPS) is 11.2. The number of carboxylic acids is 1. The standard InChI is InChI=1S/C12H16O6/c1-7(2)11(15)18-9(4)6-17-12(16)8(3)5-10(13)14/h9H,1,3,5-6H2,2,4H3,(H,13,14). The van der Waals surface area contributed by atoms with Gasteiger partial charge in [0.1, 0.15) is 12.7 Å². The molecule has 0 heterocycles. The van der Waals surface area contributed by atoms with Crippen molar-refractivity contribution in [1.82, 2.24) is 0 Å². The zero-order valence-corrected chi connectivity index (χ0v) is 10.4. The average molecular weight is 256 g/mol. The van der Waals surface area contributed by atoms with Gasteiger partial charge >= 0.3 is 17.9 Å².